The number of aryl methyl sites for hydroxylation is 1. The van der Waals surface area contributed by atoms with Gasteiger partial charge >= 0.3 is 5.97 Å². The fourth-order valence-electron chi connectivity index (χ4n) is 2.51. The number of aromatic nitrogens is 2. The molecule has 3 aromatic rings. The van der Waals surface area contributed by atoms with E-state index < -0.39 is 18.0 Å². The minimum absolute atomic E-state index is 0.160. The molecule has 3 rings (SSSR count). The molecule has 0 aliphatic heterocycles. The first-order valence-corrected chi connectivity index (χ1v) is 7.72. The summed E-state index contributed by atoms with van der Waals surface area (Å²) in [6.07, 6.45) is 2.03. The Balaban J connectivity index is 1.72. The highest BCUT2D eigenvalue weighted by Gasteiger charge is 2.22. The summed E-state index contributed by atoms with van der Waals surface area (Å²) in [5, 5.41) is 16.0. The standard InChI is InChI=1S/C18H17N3O4/c1-12-6-5-9-21-16(12)14(10-20-21)17(22)19-11-15(18(23)24)25-13-7-3-2-4-8-13/h2-10,15H,11H2,1H3,(H,19,22)(H,23,24). The van der Waals surface area contributed by atoms with Crippen molar-refractivity contribution < 1.29 is 19.4 Å². The van der Waals surface area contributed by atoms with E-state index >= 15 is 0 Å². The molecule has 0 spiro atoms. The third-order valence-corrected chi connectivity index (χ3v) is 3.73. The predicted molar refractivity (Wildman–Crippen MR) is 90.8 cm³/mol. The van der Waals surface area contributed by atoms with Crippen molar-refractivity contribution in [1.82, 2.24) is 14.9 Å². The van der Waals surface area contributed by atoms with Gasteiger partial charge in [0, 0.05) is 6.20 Å². The number of benzene rings is 1. The van der Waals surface area contributed by atoms with Gasteiger partial charge in [-0.15, -0.1) is 0 Å². The predicted octanol–water partition coefficient (Wildman–Crippen LogP) is 1.90. The van der Waals surface area contributed by atoms with Gasteiger partial charge in [0.25, 0.3) is 5.91 Å². The highest BCUT2D eigenvalue weighted by Crippen LogP contribution is 2.15. The lowest BCUT2D eigenvalue weighted by Crippen LogP contribution is -2.40. The Bertz CT molecular complexity index is 905. The summed E-state index contributed by atoms with van der Waals surface area (Å²) in [6, 6.07) is 12.3. The van der Waals surface area contributed by atoms with Crippen molar-refractivity contribution in [2.24, 2.45) is 0 Å². The smallest absolute Gasteiger partial charge is 0.346 e. The molecule has 1 atom stereocenters. The number of hydrogen-bond donors (Lipinski definition) is 2. The van der Waals surface area contributed by atoms with Crippen LogP contribution < -0.4 is 10.1 Å². The largest absolute Gasteiger partial charge is 0.478 e. The summed E-state index contributed by atoms with van der Waals surface area (Å²) in [5.41, 5.74) is 1.98. The Morgan fingerprint density at radius 1 is 1.24 bits per heavy atom. The zero-order chi connectivity index (χ0) is 17.8. The molecule has 2 heterocycles. The van der Waals surface area contributed by atoms with E-state index in [0.717, 1.165) is 5.56 Å². The van der Waals surface area contributed by atoms with E-state index in [2.05, 4.69) is 10.4 Å². The molecule has 0 aliphatic carbocycles. The van der Waals surface area contributed by atoms with E-state index in [0.29, 0.717) is 16.8 Å². The molecule has 1 amide bonds. The minimum Gasteiger partial charge on any atom is -0.478 e. The van der Waals surface area contributed by atoms with Gasteiger partial charge in [0.2, 0.25) is 6.10 Å². The second-order valence-electron chi connectivity index (χ2n) is 5.51. The second-order valence-corrected chi connectivity index (χ2v) is 5.51. The summed E-state index contributed by atoms with van der Waals surface area (Å²) >= 11 is 0. The Morgan fingerprint density at radius 2 is 2.00 bits per heavy atom. The number of carbonyl (C=O) groups is 2. The van der Waals surface area contributed by atoms with Crippen molar-refractivity contribution in [2.75, 3.05) is 6.54 Å². The van der Waals surface area contributed by atoms with Crippen molar-refractivity contribution >= 4 is 17.4 Å². The molecule has 1 unspecified atom stereocenters. The number of carbonyl (C=O) groups excluding carboxylic acids is 1. The first-order chi connectivity index (χ1) is 12.1. The number of aliphatic carboxylic acids is 1. The van der Waals surface area contributed by atoms with E-state index in [4.69, 9.17) is 4.74 Å². The van der Waals surface area contributed by atoms with Crippen LogP contribution in [0.15, 0.2) is 54.9 Å². The molecule has 2 aromatic heterocycles. The van der Waals surface area contributed by atoms with Crippen molar-refractivity contribution in [3.8, 4) is 5.75 Å². The van der Waals surface area contributed by atoms with Gasteiger partial charge in [0.15, 0.2) is 0 Å². The molecule has 7 heteroatoms. The fraction of sp³-hybridized carbons (Fsp3) is 0.167. The summed E-state index contributed by atoms with van der Waals surface area (Å²) in [6.45, 7) is 1.72. The topological polar surface area (TPSA) is 92.9 Å². The maximum absolute atomic E-state index is 12.4. The second kappa shape index (κ2) is 7.04. The van der Waals surface area contributed by atoms with E-state index in [9.17, 15) is 14.7 Å². The maximum Gasteiger partial charge on any atom is 0.346 e. The van der Waals surface area contributed by atoms with Crippen LogP contribution in [0.3, 0.4) is 0 Å². The molecule has 0 radical (unpaired) electrons. The van der Waals surface area contributed by atoms with Crippen LogP contribution in [0, 0.1) is 6.92 Å². The highest BCUT2D eigenvalue weighted by molar-refractivity contribution is 6.01. The first-order valence-electron chi connectivity index (χ1n) is 7.72. The van der Waals surface area contributed by atoms with Crippen LogP contribution in [0.2, 0.25) is 0 Å². The van der Waals surface area contributed by atoms with Gasteiger partial charge in [-0.2, -0.15) is 5.10 Å². The third kappa shape index (κ3) is 3.60. The number of nitrogens with one attached hydrogen (secondary N) is 1. The van der Waals surface area contributed by atoms with Gasteiger partial charge in [-0.3, -0.25) is 4.79 Å². The molecule has 0 bridgehead atoms. The third-order valence-electron chi connectivity index (χ3n) is 3.73. The van der Waals surface area contributed by atoms with Gasteiger partial charge in [0.05, 0.1) is 23.8 Å². The average Bonchev–Trinajstić information content (AvgIpc) is 3.04. The van der Waals surface area contributed by atoms with Gasteiger partial charge < -0.3 is 15.2 Å². The molecule has 0 fully saturated rings. The number of para-hydroxylation sites is 1. The van der Waals surface area contributed by atoms with Crippen molar-refractivity contribution in [2.45, 2.75) is 13.0 Å². The molecular weight excluding hydrogens is 322 g/mol. The first kappa shape index (κ1) is 16.5. The summed E-state index contributed by atoms with van der Waals surface area (Å²) in [4.78, 5) is 23.8. The number of fused-ring (bicyclic) bond motifs is 1. The van der Waals surface area contributed by atoms with Crippen LogP contribution in [0.25, 0.3) is 5.52 Å². The van der Waals surface area contributed by atoms with E-state index in [1.54, 1.807) is 41.0 Å². The van der Waals surface area contributed by atoms with Gasteiger partial charge in [-0.25, -0.2) is 9.31 Å². The van der Waals surface area contributed by atoms with E-state index in [1.807, 2.05) is 19.1 Å². The molecule has 7 nitrogen and oxygen atoms in total. The van der Waals surface area contributed by atoms with Gasteiger partial charge in [-0.1, -0.05) is 24.3 Å². The Labute approximate surface area is 143 Å². The molecule has 0 saturated heterocycles. The lowest BCUT2D eigenvalue weighted by Gasteiger charge is -2.15. The highest BCUT2D eigenvalue weighted by atomic mass is 16.5. The van der Waals surface area contributed by atoms with Crippen LogP contribution in [-0.4, -0.2) is 39.2 Å². The van der Waals surface area contributed by atoms with Crippen LogP contribution in [0.4, 0.5) is 0 Å². The number of carboxylic acid groups (broad SMARTS) is 1. The summed E-state index contributed by atoms with van der Waals surface area (Å²) < 4.78 is 7.03. The summed E-state index contributed by atoms with van der Waals surface area (Å²) in [7, 11) is 0. The number of ether oxygens (including phenoxy) is 1. The number of hydrogen-bond acceptors (Lipinski definition) is 4. The SMILES string of the molecule is Cc1cccn2ncc(C(=O)NCC(Oc3ccccc3)C(=O)O)c12. The summed E-state index contributed by atoms with van der Waals surface area (Å²) in [5.74, 6) is -1.12. The van der Waals surface area contributed by atoms with E-state index in [1.165, 1.54) is 6.20 Å². The lowest BCUT2D eigenvalue weighted by atomic mass is 10.1. The van der Waals surface area contributed by atoms with Gasteiger partial charge in [0.1, 0.15) is 5.75 Å². The van der Waals surface area contributed by atoms with Crippen molar-refractivity contribution in [1.29, 1.82) is 0 Å². The van der Waals surface area contributed by atoms with Crippen LogP contribution in [-0.2, 0) is 4.79 Å². The van der Waals surface area contributed by atoms with Gasteiger partial charge in [-0.05, 0) is 30.7 Å². The average molecular weight is 339 g/mol. The number of nitrogens with zero attached hydrogens (tertiary/aromatic N) is 2. The number of rotatable bonds is 6. The zero-order valence-corrected chi connectivity index (χ0v) is 13.5. The lowest BCUT2D eigenvalue weighted by molar-refractivity contribution is -0.144. The fourth-order valence-corrected chi connectivity index (χ4v) is 2.51. The molecular formula is C18H17N3O4. The van der Waals surface area contributed by atoms with Crippen LogP contribution >= 0.6 is 0 Å². The molecule has 0 saturated carbocycles. The molecule has 128 valence electrons. The van der Waals surface area contributed by atoms with Crippen LogP contribution in [0.5, 0.6) is 5.75 Å². The van der Waals surface area contributed by atoms with E-state index in [-0.39, 0.29) is 6.54 Å². The maximum atomic E-state index is 12.4. The Kier molecular flexibility index (Phi) is 4.65. The molecule has 2 N–H and O–H groups in total. The van der Waals surface area contributed by atoms with Crippen LogP contribution in [0.1, 0.15) is 15.9 Å². The number of pyridine rings is 1. The number of amides is 1. The minimum atomic E-state index is -1.19. The monoisotopic (exact) mass is 339 g/mol. The normalized spacial score (nSPS) is 11.9. The molecule has 25 heavy (non-hydrogen) atoms. The Morgan fingerprint density at radius 3 is 2.72 bits per heavy atom. The molecule has 0 aliphatic rings. The van der Waals surface area contributed by atoms with Crippen molar-refractivity contribution in [3.63, 3.8) is 0 Å². The quantitative estimate of drug-likeness (QED) is 0.715. The molecule has 1 aromatic carbocycles. The Hall–Kier alpha value is -3.35. The number of carboxylic acids is 1. The zero-order valence-electron chi connectivity index (χ0n) is 13.5. The van der Waals surface area contributed by atoms with Crippen molar-refractivity contribution in [3.05, 3.63) is 66.0 Å².